The molecule has 3 aromatic carbocycles. The Hall–Kier alpha value is -2.82. The molecule has 0 saturated heterocycles. The number of rotatable bonds is 4. The summed E-state index contributed by atoms with van der Waals surface area (Å²) < 4.78 is 13.8. The molecule has 0 unspecified atom stereocenters. The topological polar surface area (TPSA) is 32.3 Å². The van der Waals surface area contributed by atoms with Crippen LogP contribution in [-0.2, 0) is 4.79 Å². The van der Waals surface area contributed by atoms with E-state index in [-0.39, 0.29) is 11.7 Å². The lowest BCUT2D eigenvalue weighted by molar-refractivity contribution is -0.114. The predicted octanol–water partition coefficient (Wildman–Crippen LogP) is 6.22. The summed E-state index contributed by atoms with van der Waals surface area (Å²) in [5.74, 6) is -0.569. The number of carbonyl (C=O) groups excluding carboxylic acids is 1. The van der Waals surface area contributed by atoms with Gasteiger partial charge in [0.1, 0.15) is 11.5 Å². The molecule has 1 amide bonds. The highest BCUT2D eigenvalue weighted by atomic mass is 35.5. The van der Waals surface area contributed by atoms with E-state index < -0.39 is 6.04 Å². The summed E-state index contributed by atoms with van der Waals surface area (Å²) in [6, 6.07) is 19.8. The maximum atomic E-state index is 13.8. The fraction of sp³-hybridized carbons (Fsp3) is 0.0455. The van der Waals surface area contributed by atoms with Crippen LogP contribution < -0.4 is 10.2 Å². The molecule has 0 aromatic heterocycles. The van der Waals surface area contributed by atoms with E-state index in [1.165, 1.54) is 12.1 Å². The maximum absolute atomic E-state index is 13.8. The zero-order valence-electron chi connectivity index (χ0n) is 14.6. The van der Waals surface area contributed by atoms with Crippen LogP contribution in [0.1, 0.15) is 11.6 Å². The highest BCUT2D eigenvalue weighted by Gasteiger charge is 2.34. The Morgan fingerprint density at radius 2 is 1.54 bits per heavy atom. The van der Waals surface area contributed by atoms with Crippen molar-refractivity contribution in [3.8, 4) is 0 Å². The molecular formula is C22H15Cl2FN2O. The van der Waals surface area contributed by atoms with Gasteiger partial charge in [-0.05, 0) is 72.3 Å². The van der Waals surface area contributed by atoms with Crippen LogP contribution in [0.5, 0.6) is 0 Å². The van der Waals surface area contributed by atoms with Crippen molar-refractivity contribution in [1.29, 1.82) is 0 Å². The van der Waals surface area contributed by atoms with Gasteiger partial charge in [0, 0.05) is 21.4 Å². The molecular weight excluding hydrogens is 398 g/mol. The van der Waals surface area contributed by atoms with Crippen molar-refractivity contribution in [2.75, 3.05) is 10.2 Å². The van der Waals surface area contributed by atoms with Gasteiger partial charge in [0.2, 0.25) is 0 Å². The number of hydrogen-bond acceptors (Lipinski definition) is 2. The van der Waals surface area contributed by atoms with Crippen LogP contribution in [0.15, 0.2) is 84.6 Å². The third kappa shape index (κ3) is 3.75. The van der Waals surface area contributed by atoms with Gasteiger partial charge in [-0.15, -0.1) is 0 Å². The summed E-state index contributed by atoms with van der Waals surface area (Å²) in [5, 5.41) is 4.32. The first-order valence-corrected chi connectivity index (χ1v) is 9.36. The lowest BCUT2D eigenvalue weighted by Gasteiger charge is -2.25. The van der Waals surface area contributed by atoms with Crippen LogP contribution >= 0.6 is 23.2 Å². The average molecular weight is 413 g/mol. The van der Waals surface area contributed by atoms with Crippen molar-refractivity contribution < 1.29 is 9.18 Å². The van der Waals surface area contributed by atoms with Gasteiger partial charge in [-0.3, -0.25) is 9.69 Å². The van der Waals surface area contributed by atoms with E-state index in [2.05, 4.69) is 5.32 Å². The molecule has 4 rings (SSSR count). The molecule has 0 fully saturated rings. The summed E-state index contributed by atoms with van der Waals surface area (Å²) >= 11 is 11.9. The molecule has 3 nitrogen and oxygen atoms in total. The maximum Gasteiger partial charge on any atom is 0.275 e. The van der Waals surface area contributed by atoms with Crippen LogP contribution in [0, 0.1) is 5.82 Å². The monoisotopic (exact) mass is 412 g/mol. The fourth-order valence-electron chi connectivity index (χ4n) is 3.16. The van der Waals surface area contributed by atoms with Gasteiger partial charge < -0.3 is 5.32 Å². The first kappa shape index (κ1) is 18.5. The number of halogens is 3. The van der Waals surface area contributed by atoms with Gasteiger partial charge in [0.05, 0.1) is 6.04 Å². The Morgan fingerprint density at radius 1 is 0.893 bits per heavy atom. The molecule has 0 radical (unpaired) electrons. The number of benzene rings is 3. The molecule has 1 heterocycles. The molecule has 0 bridgehead atoms. The molecule has 1 aliphatic rings. The molecule has 0 aliphatic carbocycles. The van der Waals surface area contributed by atoms with Gasteiger partial charge >= 0.3 is 0 Å². The third-order valence-electron chi connectivity index (χ3n) is 4.47. The quantitative estimate of drug-likeness (QED) is 0.551. The zero-order chi connectivity index (χ0) is 19.7. The SMILES string of the molecule is O=C1C(Nc2ccc(Cl)cc2)=C[C@H](c2cccc(F)c2)N1c1ccc(Cl)cc1. The first-order valence-electron chi connectivity index (χ1n) is 8.60. The number of amides is 1. The number of hydrogen-bond donors (Lipinski definition) is 1. The Kier molecular flexibility index (Phi) is 5.07. The molecule has 140 valence electrons. The Balaban J connectivity index is 1.73. The summed E-state index contributed by atoms with van der Waals surface area (Å²) in [7, 11) is 0. The summed E-state index contributed by atoms with van der Waals surface area (Å²) in [6.07, 6.45) is 1.79. The third-order valence-corrected chi connectivity index (χ3v) is 4.97. The van der Waals surface area contributed by atoms with Crippen molar-refractivity contribution in [3.05, 3.63) is 106 Å². The Bertz CT molecular complexity index is 1050. The Morgan fingerprint density at radius 3 is 2.18 bits per heavy atom. The lowest BCUT2D eigenvalue weighted by Crippen LogP contribution is -2.30. The second-order valence-corrected chi connectivity index (χ2v) is 7.24. The zero-order valence-corrected chi connectivity index (χ0v) is 16.1. The van der Waals surface area contributed by atoms with Crippen LogP contribution in [0.2, 0.25) is 10.0 Å². The molecule has 0 saturated carbocycles. The molecule has 3 aromatic rings. The second-order valence-electron chi connectivity index (χ2n) is 6.36. The van der Waals surface area contributed by atoms with Crippen molar-refractivity contribution in [2.24, 2.45) is 0 Å². The fourth-order valence-corrected chi connectivity index (χ4v) is 3.41. The molecule has 0 spiro atoms. The van der Waals surface area contributed by atoms with Gasteiger partial charge in [-0.25, -0.2) is 4.39 Å². The number of anilines is 2. The average Bonchev–Trinajstić information content (AvgIpc) is 3.01. The summed E-state index contributed by atoms with van der Waals surface area (Å²) in [5.41, 5.74) is 2.50. The number of carbonyl (C=O) groups is 1. The smallest absolute Gasteiger partial charge is 0.275 e. The normalized spacial score (nSPS) is 16.2. The number of nitrogens with zero attached hydrogens (tertiary/aromatic N) is 1. The highest BCUT2D eigenvalue weighted by Crippen LogP contribution is 2.36. The van der Waals surface area contributed by atoms with Crippen molar-refractivity contribution in [2.45, 2.75) is 6.04 Å². The van der Waals surface area contributed by atoms with Gasteiger partial charge in [0.15, 0.2) is 0 Å². The van der Waals surface area contributed by atoms with Crippen molar-refractivity contribution in [3.63, 3.8) is 0 Å². The van der Waals surface area contributed by atoms with Crippen LogP contribution in [0.3, 0.4) is 0 Å². The predicted molar refractivity (Wildman–Crippen MR) is 111 cm³/mol. The largest absolute Gasteiger partial charge is 0.351 e. The molecule has 28 heavy (non-hydrogen) atoms. The standard InChI is InChI=1S/C22H15Cl2FN2O/c23-15-4-8-18(9-5-15)26-20-13-21(14-2-1-3-17(25)12-14)27(22(20)28)19-10-6-16(24)7-11-19/h1-13,21,26H/t21-/m1/s1. The highest BCUT2D eigenvalue weighted by molar-refractivity contribution is 6.31. The van der Waals surface area contributed by atoms with Gasteiger partial charge in [-0.1, -0.05) is 35.3 Å². The summed E-state index contributed by atoms with van der Waals surface area (Å²) in [6.45, 7) is 0. The minimum Gasteiger partial charge on any atom is -0.351 e. The minimum atomic E-state index is -0.445. The van der Waals surface area contributed by atoms with Crippen LogP contribution in [0.4, 0.5) is 15.8 Å². The van der Waals surface area contributed by atoms with Crippen LogP contribution in [0.25, 0.3) is 0 Å². The molecule has 1 atom stereocenters. The van der Waals surface area contributed by atoms with E-state index in [0.29, 0.717) is 27.0 Å². The van der Waals surface area contributed by atoms with E-state index in [9.17, 15) is 9.18 Å². The molecule has 6 heteroatoms. The van der Waals surface area contributed by atoms with E-state index in [1.807, 2.05) is 0 Å². The van der Waals surface area contributed by atoms with E-state index in [1.54, 1.807) is 71.6 Å². The Labute approximate surface area is 172 Å². The first-order chi connectivity index (χ1) is 13.5. The van der Waals surface area contributed by atoms with Crippen molar-refractivity contribution >= 4 is 40.5 Å². The molecule has 1 aliphatic heterocycles. The van der Waals surface area contributed by atoms with Crippen molar-refractivity contribution in [1.82, 2.24) is 0 Å². The second kappa shape index (κ2) is 7.66. The minimum absolute atomic E-state index is 0.216. The molecule has 1 N–H and O–H groups in total. The van der Waals surface area contributed by atoms with Crippen LogP contribution in [-0.4, -0.2) is 5.91 Å². The van der Waals surface area contributed by atoms with E-state index in [0.717, 1.165) is 5.69 Å². The number of nitrogens with one attached hydrogen (secondary N) is 1. The summed E-state index contributed by atoms with van der Waals surface area (Å²) in [4.78, 5) is 14.8. The lowest BCUT2D eigenvalue weighted by atomic mass is 10.1. The van der Waals surface area contributed by atoms with Gasteiger partial charge in [-0.2, -0.15) is 0 Å². The van der Waals surface area contributed by atoms with E-state index >= 15 is 0 Å². The van der Waals surface area contributed by atoms with Gasteiger partial charge in [0.25, 0.3) is 5.91 Å². The van der Waals surface area contributed by atoms with E-state index in [4.69, 9.17) is 23.2 Å².